The van der Waals surface area contributed by atoms with Crippen LogP contribution in [0.15, 0.2) is 36.4 Å². The number of carbonyl (C=O) groups excluding carboxylic acids is 1. The number of benzene rings is 2. The number of Topliss-reactive ketones (excluding diaryl/α,β-unsaturated/α-hetero) is 1. The lowest BCUT2D eigenvalue weighted by Gasteiger charge is -2.09. The number of hydrogen-bond acceptors (Lipinski definition) is 2. The summed E-state index contributed by atoms with van der Waals surface area (Å²) in [6, 6.07) is 11.3. The van der Waals surface area contributed by atoms with E-state index >= 15 is 0 Å². The van der Waals surface area contributed by atoms with E-state index in [1.165, 1.54) is 0 Å². The van der Waals surface area contributed by atoms with Crippen LogP contribution < -0.4 is 4.74 Å². The molecule has 1 aliphatic rings. The number of hydrogen-bond donors (Lipinski definition) is 0. The summed E-state index contributed by atoms with van der Waals surface area (Å²) < 4.78 is 5.78. The Kier molecular flexibility index (Phi) is 3.03. The van der Waals surface area contributed by atoms with Gasteiger partial charge in [0.15, 0.2) is 5.78 Å². The molecule has 3 rings (SSSR count). The lowest BCUT2D eigenvalue weighted by atomic mass is 10.1. The molecule has 0 bridgehead atoms. The van der Waals surface area contributed by atoms with Gasteiger partial charge in [-0.05, 0) is 54.8 Å². The number of fused-ring (bicyclic) bond motifs is 1. The summed E-state index contributed by atoms with van der Waals surface area (Å²) in [5.41, 5.74) is 2.98. The van der Waals surface area contributed by atoms with Crippen LogP contribution in [-0.2, 0) is 6.42 Å². The first-order valence-corrected chi connectivity index (χ1v) is 6.61. The first-order chi connectivity index (χ1) is 9.13. The molecule has 2 aromatic carbocycles. The highest BCUT2D eigenvalue weighted by Crippen LogP contribution is 2.32. The Bertz CT molecular complexity index is 662. The van der Waals surface area contributed by atoms with E-state index in [4.69, 9.17) is 16.3 Å². The van der Waals surface area contributed by atoms with Gasteiger partial charge >= 0.3 is 0 Å². The van der Waals surface area contributed by atoms with Crippen molar-refractivity contribution in [3.8, 4) is 11.5 Å². The van der Waals surface area contributed by atoms with Gasteiger partial charge in [0.25, 0.3) is 0 Å². The molecule has 0 N–H and O–H groups in total. The number of halogens is 1. The lowest BCUT2D eigenvalue weighted by Crippen LogP contribution is -1.92. The summed E-state index contributed by atoms with van der Waals surface area (Å²) in [5.74, 6) is 1.57. The molecular formula is C16H13ClO2. The van der Waals surface area contributed by atoms with Gasteiger partial charge in [0.2, 0.25) is 0 Å². The molecular weight excluding hydrogens is 260 g/mol. The minimum atomic E-state index is 0.218. The number of rotatable bonds is 2. The van der Waals surface area contributed by atoms with Crippen molar-refractivity contribution >= 4 is 17.4 Å². The smallest absolute Gasteiger partial charge is 0.163 e. The van der Waals surface area contributed by atoms with Gasteiger partial charge in [-0.1, -0.05) is 17.7 Å². The van der Waals surface area contributed by atoms with Gasteiger partial charge in [-0.15, -0.1) is 0 Å². The second-order valence-electron chi connectivity index (χ2n) is 4.78. The van der Waals surface area contributed by atoms with E-state index in [2.05, 4.69) is 0 Å². The monoisotopic (exact) mass is 272 g/mol. The van der Waals surface area contributed by atoms with E-state index in [0.29, 0.717) is 17.2 Å². The maximum atomic E-state index is 11.6. The zero-order valence-electron chi connectivity index (χ0n) is 10.6. The minimum Gasteiger partial charge on any atom is -0.456 e. The van der Waals surface area contributed by atoms with Crippen molar-refractivity contribution in [2.75, 3.05) is 0 Å². The van der Waals surface area contributed by atoms with Gasteiger partial charge in [0.05, 0.1) is 5.02 Å². The van der Waals surface area contributed by atoms with Gasteiger partial charge in [0.1, 0.15) is 11.5 Å². The molecule has 96 valence electrons. The Labute approximate surface area is 117 Å². The van der Waals surface area contributed by atoms with E-state index in [-0.39, 0.29) is 5.78 Å². The number of carbonyl (C=O) groups is 1. The second kappa shape index (κ2) is 4.71. The van der Waals surface area contributed by atoms with Crippen molar-refractivity contribution in [3.05, 3.63) is 58.1 Å². The molecule has 0 unspecified atom stereocenters. The summed E-state index contributed by atoms with van der Waals surface area (Å²) in [6.07, 6.45) is 1.40. The molecule has 0 atom stereocenters. The molecule has 19 heavy (non-hydrogen) atoms. The number of ketones is 1. The first-order valence-electron chi connectivity index (χ1n) is 6.23. The highest BCUT2D eigenvalue weighted by Gasteiger charge is 2.19. The maximum Gasteiger partial charge on any atom is 0.163 e. The largest absolute Gasteiger partial charge is 0.456 e. The topological polar surface area (TPSA) is 26.3 Å². The Hall–Kier alpha value is -1.80. The highest BCUT2D eigenvalue weighted by molar-refractivity contribution is 6.32. The standard InChI is InChI=1S/C16H13ClO2/c1-10-2-7-16(14(17)8-10)19-12-4-5-13-11(9-12)3-6-15(13)18/h2,4-5,7-9H,3,6H2,1H3. The van der Waals surface area contributed by atoms with Crippen LogP contribution in [0.5, 0.6) is 11.5 Å². The van der Waals surface area contributed by atoms with Crippen molar-refractivity contribution in [1.82, 2.24) is 0 Å². The molecule has 3 heteroatoms. The molecule has 1 aliphatic carbocycles. The summed E-state index contributed by atoms with van der Waals surface area (Å²) in [5, 5.41) is 0.594. The fourth-order valence-corrected chi connectivity index (χ4v) is 2.58. The van der Waals surface area contributed by atoms with Crippen LogP contribution in [0.1, 0.15) is 27.9 Å². The molecule has 0 amide bonds. The fraction of sp³-hybridized carbons (Fsp3) is 0.188. The summed E-state index contributed by atoms with van der Waals surface area (Å²) in [4.78, 5) is 11.6. The Balaban J connectivity index is 1.90. The van der Waals surface area contributed by atoms with Crippen molar-refractivity contribution < 1.29 is 9.53 Å². The highest BCUT2D eigenvalue weighted by atomic mass is 35.5. The van der Waals surface area contributed by atoms with E-state index < -0.39 is 0 Å². The fourth-order valence-electron chi connectivity index (χ4n) is 2.31. The Morgan fingerprint density at radius 2 is 1.95 bits per heavy atom. The van der Waals surface area contributed by atoms with E-state index in [1.54, 1.807) is 0 Å². The molecule has 0 radical (unpaired) electrons. The molecule has 0 saturated heterocycles. The SMILES string of the molecule is Cc1ccc(Oc2ccc3c(c2)CCC3=O)c(Cl)c1. The van der Waals surface area contributed by atoms with E-state index in [9.17, 15) is 4.79 Å². The van der Waals surface area contributed by atoms with Crippen molar-refractivity contribution in [1.29, 1.82) is 0 Å². The van der Waals surface area contributed by atoms with Crippen LogP contribution in [-0.4, -0.2) is 5.78 Å². The second-order valence-corrected chi connectivity index (χ2v) is 5.19. The van der Waals surface area contributed by atoms with Gasteiger partial charge < -0.3 is 4.74 Å². The maximum absolute atomic E-state index is 11.6. The third kappa shape index (κ3) is 2.36. The van der Waals surface area contributed by atoms with Crippen molar-refractivity contribution in [2.24, 2.45) is 0 Å². The summed E-state index contributed by atoms with van der Waals surface area (Å²) >= 11 is 6.14. The normalized spacial score (nSPS) is 13.5. The molecule has 0 aromatic heterocycles. The zero-order chi connectivity index (χ0) is 13.4. The third-order valence-electron chi connectivity index (χ3n) is 3.31. The number of ether oxygens (including phenoxy) is 1. The number of aryl methyl sites for hydroxylation is 2. The molecule has 0 aliphatic heterocycles. The lowest BCUT2D eigenvalue weighted by molar-refractivity contribution is 0.0994. The Morgan fingerprint density at radius 1 is 1.11 bits per heavy atom. The van der Waals surface area contributed by atoms with Gasteiger partial charge in [-0.2, -0.15) is 0 Å². The van der Waals surface area contributed by atoms with Crippen molar-refractivity contribution in [2.45, 2.75) is 19.8 Å². The van der Waals surface area contributed by atoms with Crippen molar-refractivity contribution in [3.63, 3.8) is 0 Å². The van der Waals surface area contributed by atoms with Crippen LogP contribution in [0.4, 0.5) is 0 Å². The van der Waals surface area contributed by atoms with Gasteiger partial charge in [-0.25, -0.2) is 0 Å². The molecule has 2 aromatic rings. The molecule has 2 nitrogen and oxygen atoms in total. The summed E-state index contributed by atoms with van der Waals surface area (Å²) in [7, 11) is 0. The zero-order valence-corrected chi connectivity index (χ0v) is 11.3. The minimum absolute atomic E-state index is 0.218. The van der Waals surface area contributed by atoms with Crippen LogP contribution in [0, 0.1) is 6.92 Å². The van der Waals surface area contributed by atoms with E-state index in [0.717, 1.165) is 28.9 Å². The molecule has 0 saturated carbocycles. The first kappa shape index (κ1) is 12.2. The predicted octanol–water partition coefficient (Wildman–Crippen LogP) is 4.57. The average molecular weight is 273 g/mol. The third-order valence-corrected chi connectivity index (χ3v) is 3.61. The van der Waals surface area contributed by atoms with Crippen LogP contribution in [0.25, 0.3) is 0 Å². The van der Waals surface area contributed by atoms with Gasteiger partial charge in [0, 0.05) is 12.0 Å². The molecule has 0 heterocycles. The molecule has 0 spiro atoms. The van der Waals surface area contributed by atoms with Crippen LogP contribution in [0.2, 0.25) is 5.02 Å². The van der Waals surface area contributed by atoms with E-state index in [1.807, 2.05) is 43.3 Å². The Morgan fingerprint density at radius 3 is 2.74 bits per heavy atom. The van der Waals surface area contributed by atoms with Gasteiger partial charge in [-0.3, -0.25) is 4.79 Å². The quantitative estimate of drug-likeness (QED) is 0.800. The predicted molar refractivity (Wildman–Crippen MR) is 75.4 cm³/mol. The average Bonchev–Trinajstić information content (AvgIpc) is 2.74. The molecule has 0 fully saturated rings. The summed E-state index contributed by atoms with van der Waals surface area (Å²) in [6.45, 7) is 1.98. The van der Waals surface area contributed by atoms with Crippen LogP contribution >= 0.6 is 11.6 Å². The van der Waals surface area contributed by atoms with Crippen LogP contribution in [0.3, 0.4) is 0 Å².